The first-order valence-corrected chi connectivity index (χ1v) is 8.23. The lowest BCUT2D eigenvalue weighted by Gasteiger charge is -2.17. The predicted octanol–water partition coefficient (Wildman–Crippen LogP) is 2.54. The quantitative estimate of drug-likeness (QED) is 0.891. The van der Waals surface area contributed by atoms with Crippen LogP contribution in [0.3, 0.4) is 0 Å². The zero-order valence-electron chi connectivity index (χ0n) is 11.2. The summed E-state index contributed by atoms with van der Waals surface area (Å²) < 4.78 is 22.7. The summed E-state index contributed by atoms with van der Waals surface area (Å²) in [4.78, 5) is 0.382. The Balaban J connectivity index is 2.00. The van der Waals surface area contributed by atoms with Crippen molar-refractivity contribution in [2.24, 2.45) is 5.41 Å². The molecule has 100 valence electrons. The minimum absolute atomic E-state index is 0.260. The second kappa shape index (κ2) is 4.67. The molecule has 0 heterocycles. The first kappa shape index (κ1) is 13.6. The SMILES string of the molecule is CC(NCC1(C)CC1)c1ccc(S(C)(=O)=O)cc1. The van der Waals surface area contributed by atoms with Gasteiger partial charge in [0.2, 0.25) is 0 Å². The van der Waals surface area contributed by atoms with Crippen molar-refractivity contribution in [1.29, 1.82) is 0 Å². The topological polar surface area (TPSA) is 46.2 Å². The fourth-order valence-corrected chi connectivity index (χ4v) is 2.54. The highest BCUT2D eigenvalue weighted by Crippen LogP contribution is 2.44. The Kier molecular flexibility index (Phi) is 3.52. The molecule has 1 aromatic carbocycles. The van der Waals surface area contributed by atoms with Crippen LogP contribution in [0.4, 0.5) is 0 Å². The number of sulfone groups is 1. The van der Waals surface area contributed by atoms with Gasteiger partial charge in [0.15, 0.2) is 9.84 Å². The van der Waals surface area contributed by atoms with Crippen LogP contribution in [0.5, 0.6) is 0 Å². The Morgan fingerprint density at radius 3 is 2.28 bits per heavy atom. The van der Waals surface area contributed by atoms with Crippen LogP contribution in [0.1, 0.15) is 38.3 Å². The van der Waals surface area contributed by atoms with Gasteiger partial charge in [0, 0.05) is 18.8 Å². The van der Waals surface area contributed by atoms with Crippen LogP contribution in [-0.2, 0) is 9.84 Å². The molecule has 1 atom stereocenters. The normalized spacial score (nSPS) is 19.5. The van der Waals surface area contributed by atoms with E-state index in [0.29, 0.717) is 10.3 Å². The van der Waals surface area contributed by atoms with Crippen molar-refractivity contribution in [3.8, 4) is 0 Å². The molecule has 18 heavy (non-hydrogen) atoms. The first-order valence-electron chi connectivity index (χ1n) is 6.34. The molecule has 1 N–H and O–H groups in total. The zero-order chi connectivity index (χ0) is 13.4. The summed E-state index contributed by atoms with van der Waals surface area (Å²) in [5.74, 6) is 0. The number of benzene rings is 1. The Morgan fingerprint density at radius 2 is 1.83 bits per heavy atom. The standard InChI is InChI=1S/C14H21NO2S/c1-11(15-10-14(2)8-9-14)12-4-6-13(7-5-12)18(3,16)17/h4-7,11,15H,8-10H2,1-3H3. The van der Waals surface area contributed by atoms with Crippen molar-refractivity contribution in [3.05, 3.63) is 29.8 Å². The minimum Gasteiger partial charge on any atom is -0.310 e. The lowest BCUT2D eigenvalue weighted by molar-refractivity contribution is 0.457. The molecule has 1 aliphatic rings. The Bertz CT molecular complexity index is 515. The van der Waals surface area contributed by atoms with E-state index in [-0.39, 0.29) is 6.04 Å². The molecule has 0 amide bonds. The average Bonchev–Trinajstić information content (AvgIpc) is 3.04. The smallest absolute Gasteiger partial charge is 0.175 e. The van der Waals surface area contributed by atoms with Crippen molar-refractivity contribution in [3.63, 3.8) is 0 Å². The molecule has 0 radical (unpaired) electrons. The third-order valence-corrected chi connectivity index (χ3v) is 4.88. The molecule has 0 saturated heterocycles. The second-order valence-electron chi connectivity index (χ2n) is 5.75. The van der Waals surface area contributed by atoms with Gasteiger partial charge in [-0.2, -0.15) is 0 Å². The van der Waals surface area contributed by atoms with E-state index in [4.69, 9.17) is 0 Å². The van der Waals surface area contributed by atoms with Crippen LogP contribution in [0.25, 0.3) is 0 Å². The first-order chi connectivity index (χ1) is 8.30. The van der Waals surface area contributed by atoms with Crippen LogP contribution >= 0.6 is 0 Å². The van der Waals surface area contributed by atoms with Gasteiger partial charge in [-0.05, 0) is 42.9 Å². The lowest BCUT2D eigenvalue weighted by Crippen LogP contribution is -2.25. The van der Waals surface area contributed by atoms with E-state index in [0.717, 1.165) is 12.1 Å². The monoisotopic (exact) mass is 267 g/mol. The summed E-state index contributed by atoms with van der Waals surface area (Å²) in [5.41, 5.74) is 1.62. The van der Waals surface area contributed by atoms with Gasteiger partial charge in [-0.15, -0.1) is 0 Å². The third kappa shape index (κ3) is 3.33. The van der Waals surface area contributed by atoms with Crippen LogP contribution in [0, 0.1) is 5.41 Å². The van der Waals surface area contributed by atoms with Crippen LogP contribution in [-0.4, -0.2) is 21.2 Å². The number of rotatable bonds is 5. The molecule has 1 unspecified atom stereocenters. The van der Waals surface area contributed by atoms with Crippen molar-refractivity contribution < 1.29 is 8.42 Å². The van der Waals surface area contributed by atoms with E-state index in [2.05, 4.69) is 19.2 Å². The van der Waals surface area contributed by atoms with Crippen molar-refractivity contribution in [2.45, 2.75) is 37.6 Å². The fraction of sp³-hybridized carbons (Fsp3) is 0.571. The molecule has 1 fully saturated rings. The minimum atomic E-state index is -3.09. The highest BCUT2D eigenvalue weighted by molar-refractivity contribution is 7.90. The van der Waals surface area contributed by atoms with E-state index in [1.807, 2.05) is 12.1 Å². The molecule has 0 aliphatic heterocycles. The number of hydrogen-bond donors (Lipinski definition) is 1. The highest BCUT2D eigenvalue weighted by Gasteiger charge is 2.36. The van der Waals surface area contributed by atoms with E-state index in [9.17, 15) is 8.42 Å². The van der Waals surface area contributed by atoms with Crippen LogP contribution < -0.4 is 5.32 Å². The molecule has 0 spiro atoms. The molecule has 1 saturated carbocycles. The molecule has 2 rings (SSSR count). The van der Waals surface area contributed by atoms with Gasteiger partial charge < -0.3 is 5.32 Å². The largest absolute Gasteiger partial charge is 0.310 e. The summed E-state index contributed by atoms with van der Waals surface area (Å²) in [7, 11) is -3.09. The maximum absolute atomic E-state index is 11.4. The molecule has 1 aliphatic carbocycles. The number of hydrogen-bond acceptors (Lipinski definition) is 3. The molecule has 0 bridgehead atoms. The third-order valence-electron chi connectivity index (χ3n) is 3.75. The summed E-state index contributed by atoms with van der Waals surface area (Å²) in [6.45, 7) is 5.43. The Morgan fingerprint density at radius 1 is 1.28 bits per heavy atom. The van der Waals surface area contributed by atoms with E-state index in [1.165, 1.54) is 19.1 Å². The van der Waals surface area contributed by atoms with Gasteiger partial charge in [0.05, 0.1) is 4.90 Å². The van der Waals surface area contributed by atoms with E-state index in [1.54, 1.807) is 12.1 Å². The van der Waals surface area contributed by atoms with Gasteiger partial charge in [-0.25, -0.2) is 8.42 Å². The molecular weight excluding hydrogens is 246 g/mol. The highest BCUT2D eigenvalue weighted by atomic mass is 32.2. The maximum atomic E-state index is 11.4. The maximum Gasteiger partial charge on any atom is 0.175 e. The Hall–Kier alpha value is -0.870. The van der Waals surface area contributed by atoms with Crippen LogP contribution in [0.2, 0.25) is 0 Å². The molecule has 4 heteroatoms. The van der Waals surface area contributed by atoms with Crippen LogP contribution in [0.15, 0.2) is 29.2 Å². The van der Waals surface area contributed by atoms with Crippen molar-refractivity contribution in [2.75, 3.05) is 12.8 Å². The van der Waals surface area contributed by atoms with E-state index >= 15 is 0 Å². The van der Waals surface area contributed by atoms with Gasteiger partial charge in [0.25, 0.3) is 0 Å². The van der Waals surface area contributed by atoms with Gasteiger partial charge in [-0.3, -0.25) is 0 Å². The molecule has 0 aromatic heterocycles. The molecule has 1 aromatic rings. The summed E-state index contributed by atoms with van der Waals surface area (Å²) in [6.07, 6.45) is 3.84. The van der Waals surface area contributed by atoms with Gasteiger partial charge in [0.1, 0.15) is 0 Å². The fourth-order valence-electron chi connectivity index (χ4n) is 1.91. The second-order valence-corrected chi connectivity index (χ2v) is 7.77. The van der Waals surface area contributed by atoms with Crippen molar-refractivity contribution >= 4 is 9.84 Å². The van der Waals surface area contributed by atoms with E-state index < -0.39 is 9.84 Å². The van der Waals surface area contributed by atoms with Gasteiger partial charge in [-0.1, -0.05) is 19.1 Å². The summed E-state index contributed by atoms with van der Waals surface area (Å²) >= 11 is 0. The summed E-state index contributed by atoms with van der Waals surface area (Å²) in [6, 6.07) is 7.41. The summed E-state index contributed by atoms with van der Waals surface area (Å²) in [5, 5.41) is 3.51. The zero-order valence-corrected chi connectivity index (χ0v) is 12.0. The van der Waals surface area contributed by atoms with Crippen molar-refractivity contribution in [1.82, 2.24) is 5.32 Å². The predicted molar refractivity (Wildman–Crippen MR) is 73.3 cm³/mol. The molecule has 3 nitrogen and oxygen atoms in total. The molecular formula is C14H21NO2S. The average molecular weight is 267 g/mol. The lowest BCUT2D eigenvalue weighted by atomic mass is 10.1. The van der Waals surface area contributed by atoms with Gasteiger partial charge >= 0.3 is 0 Å². The number of nitrogens with one attached hydrogen (secondary N) is 1. The Labute approximate surface area is 110 Å².